The highest BCUT2D eigenvalue weighted by Crippen LogP contribution is 2.06. The highest BCUT2D eigenvalue weighted by Gasteiger charge is 2.05. The summed E-state index contributed by atoms with van der Waals surface area (Å²) in [6.45, 7) is 13.6. The molecule has 0 fully saturated rings. The molecule has 0 saturated carbocycles. The van der Waals surface area contributed by atoms with Gasteiger partial charge in [-0.2, -0.15) is 0 Å². The second-order valence-corrected chi connectivity index (χ2v) is 5.35. The van der Waals surface area contributed by atoms with Crippen LogP contribution < -0.4 is 0 Å². The van der Waals surface area contributed by atoms with E-state index in [0.29, 0.717) is 17.9 Å². The summed E-state index contributed by atoms with van der Waals surface area (Å²) >= 11 is 0. The van der Waals surface area contributed by atoms with Crippen LogP contribution in [0.2, 0.25) is 0 Å². The lowest BCUT2D eigenvalue weighted by molar-refractivity contribution is 0.0317. The predicted molar refractivity (Wildman–Crippen MR) is 69.8 cm³/mol. The van der Waals surface area contributed by atoms with Crippen LogP contribution in [0.15, 0.2) is 0 Å². The molecular weight excluding hydrogens is 200 g/mol. The average molecular weight is 230 g/mol. The molecule has 0 aliphatic rings. The second kappa shape index (κ2) is 10.1. The summed E-state index contributed by atoms with van der Waals surface area (Å²) in [4.78, 5) is 0. The van der Waals surface area contributed by atoms with Crippen LogP contribution in [0.4, 0.5) is 0 Å². The van der Waals surface area contributed by atoms with Crippen molar-refractivity contribution in [1.29, 1.82) is 0 Å². The molecule has 0 heterocycles. The van der Waals surface area contributed by atoms with E-state index >= 15 is 0 Å². The van der Waals surface area contributed by atoms with Crippen LogP contribution >= 0.6 is 0 Å². The molecule has 0 aliphatic carbocycles. The monoisotopic (exact) mass is 230 g/mol. The Bertz CT molecular complexity index is 144. The summed E-state index contributed by atoms with van der Waals surface area (Å²) in [5.41, 5.74) is 0. The molecule has 0 aromatic heterocycles. The first-order valence-corrected chi connectivity index (χ1v) is 6.73. The lowest BCUT2D eigenvalue weighted by Gasteiger charge is -2.16. The van der Waals surface area contributed by atoms with Gasteiger partial charge in [-0.25, -0.2) is 0 Å². The molecule has 0 rings (SSSR count). The molecular formula is C14H30O2. The summed E-state index contributed by atoms with van der Waals surface area (Å²) < 4.78 is 11.2. The topological polar surface area (TPSA) is 18.5 Å². The van der Waals surface area contributed by atoms with Gasteiger partial charge in [0.1, 0.15) is 0 Å². The lowest BCUT2D eigenvalue weighted by Crippen LogP contribution is -2.16. The molecule has 0 spiro atoms. The Balaban J connectivity index is 3.10. The van der Waals surface area contributed by atoms with Crippen LogP contribution in [0, 0.1) is 11.8 Å². The van der Waals surface area contributed by atoms with Crippen molar-refractivity contribution in [2.75, 3.05) is 19.8 Å². The standard InChI is InChI=1S/C14H30O2/c1-12(2)11-15-9-7-6-8-10-16-14(5)13(3)4/h12-14H,6-11H2,1-5H3/t14-/m1/s1. The van der Waals surface area contributed by atoms with Gasteiger partial charge in [-0.05, 0) is 38.0 Å². The van der Waals surface area contributed by atoms with Gasteiger partial charge in [0.25, 0.3) is 0 Å². The van der Waals surface area contributed by atoms with E-state index in [9.17, 15) is 0 Å². The third kappa shape index (κ3) is 10.4. The maximum absolute atomic E-state index is 5.71. The van der Waals surface area contributed by atoms with Gasteiger partial charge in [-0.1, -0.05) is 27.7 Å². The van der Waals surface area contributed by atoms with Crippen molar-refractivity contribution in [1.82, 2.24) is 0 Å². The summed E-state index contributed by atoms with van der Waals surface area (Å²) in [7, 11) is 0. The number of hydrogen-bond donors (Lipinski definition) is 0. The van der Waals surface area contributed by atoms with Gasteiger partial charge in [-0.3, -0.25) is 0 Å². The molecule has 0 radical (unpaired) electrons. The molecule has 98 valence electrons. The molecule has 0 aliphatic heterocycles. The second-order valence-electron chi connectivity index (χ2n) is 5.35. The minimum atomic E-state index is 0.386. The Morgan fingerprint density at radius 1 is 0.812 bits per heavy atom. The maximum atomic E-state index is 5.71. The Morgan fingerprint density at radius 2 is 1.44 bits per heavy atom. The van der Waals surface area contributed by atoms with E-state index in [2.05, 4.69) is 34.6 Å². The molecule has 0 unspecified atom stereocenters. The first-order valence-electron chi connectivity index (χ1n) is 6.73. The number of ether oxygens (including phenoxy) is 2. The molecule has 16 heavy (non-hydrogen) atoms. The van der Waals surface area contributed by atoms with Crippen LogP contribution in [0.5, 0.6) is 0 Å². The minimum Gasteiger partial charge on any atom is -0.381 e. The fraction of sp³-hybridized carbons (Fsp3) is 1.00. The maximum Gasteiger partial charge on any atom is 0.0569 e. The first kappa shape index (κ1) is 15.9. The zero-order valence-electron chi connectivity index (χ0n) is 11.8. The van der Waals surface area contributed by atoms with Crippen molar-refractivity contribution in [3.63, 3.8) is 0 Å². The van der Waals surface area contributed by atoms with Crippen LogP contribution in [0.1, 0.15) is 53.9 Å². The molecule has 2 heteroatoms. The summed E-state index contributed by atoms with van der Waals surface area (Å²) in [5, 5.41) is 0. The zero-order chi connectivity index (χ0) is 12.4. The Labute approximate surface area is 102 Å². The molecule has 0 saturated heterocycles. The van der Waals surface area contributed by atoms with E-state index in [-0.39, 0.29) is 0 Å². The largest absolute Gasteiger partial charge is 0.381 e. The third-order valence-electron chi connectivity index (χ3n) is 2.70. The third-order valence-corrected chi connectivity index (χ3v) is 2.70. The van der Waals surface area contributed by atoms with E-state index in [0.717, 1.165) is 32.7 Å². The molecule has 1 atom stereocenters. The number of hydrogen-bond acceptors (Lipinski definition) is 2. The van der Waals surface area contributed by atoms with Gasteiger partial charge >= 0.3 is 0 Å². The van der Waals surface area contributed by atoms with E-state index in [1.807, 2.05) is 0 Å². The fourth-order valence-electron chi connectivity index (χ4n) is 1.26. The summed E-state index contributed by atoms with van der Waals surface area (Å²) in [6, 6.07) is 0. The quantitative estimate of drug-likeness (QED) is 0.530. The van der Waals surface area contributed by atoms with E-state index in [1.54, 1.807) is 0 Å². The normalized spacial score (nSPS) is 13.7. The Hall–Kier alpha value is -0.0800. The minimum absolute atomic E-state index is 0.386. The zero-order valence-corrected chi connectivity index (χ0v) is 11.8. The fourth-order valence-corrected chi connectivity index (χ4v) is 1.26. The Kier molecular flexibility index (Phi) is 10.0. The SMILES string of the molecule is CC(C)COCCCCCO[C@H](C)C(C)C. The van der Waals surface area contributed by atoms with Gasteiger partial charge in [0.15, 0.2) is 0 Å². The number of unbranched alkanes of at least 4 members (excludes halogenated alkanes) is 2. The summed E-state index contributed by atoms with van der Waals surface area (Å²) in [5.74, 6) is 1.27. The van der Waals surface area contributed by atoms with E-state index < -0.39 is 0 Å². The van der Waals surface area contributed by atoms with Crippen molar-refractivity contribution in [2.24, 2.45) is 11.8 Å². The molecule has 0 N–H and O–H groups in total. The van der Waals surface area contributed by atoms with Crippen LogP contribution in [-0.2, 0) is 9.47 Å². The van der Waals surface area contributed by atoms with E-state index in [1.165, 1.54) is 6.42 Å². The molecule has 0 aromatic rings. The highest BCUT2D eigenvalue weighted by atomic mass is 16.5. The number of rotatable bonds is 10. The Morgan fingerprint density at radius 3 is 2.00 bits per heavy atom. The molecule has 0 bridgehead atoms. The van der Waals surface area contributed by atoms with Crippen molar-refractivity contribution in [2.45, 2.75) is 60.0 Å². The van der Waals surface area contributed by atoms with Gasteiger partial charge in [0.05, 0.1) is 6.10 Å². The van der Waals surface area contributed by atoms with Gasteiger partial charge in [0, 0.05) is 19.8 Å². The van der Waals surface area contributed by atoms with Crippen molar-refractivity contribution in [3.8, 4) is 0 Å². The van der Waals surface area contributed by atoms with Crippen LogP contribution in [-0.4, -0.2) is 25.9 Å². The average Bonchev–Trinajstić information content (AvgIpc) is 2.21. The predicted octanol–water partition coefficient (Wildman–Crippen LogP) is 3.89. The van der Waals surface area contributed by atoms with Crippen molar-refractivity contribution < 1.29 is 9.47 Å². The molecule has 0 amide bonds. The van der Waals surface area contributed by atoms with Crippen LogP contribution in [0.25, 0.3) is 0 Å². The van der Waals surface area contributed by atoms with Gasteiger partial charge in [-0.15, -0.1) is 0 Å². The smallest absolute Gasteiger partial charge is 0.0569 e. The molecule has 0 aromatic carbocycles. The van der Waals surface area contributed by atoms with Crippen molar-refractivity contribution >= 4 is 0 Å². The van der Waals surface area contributed by atoms with Gasteiger partial charge < -0.3 is 9.47 Å². The molecule has 2 nitrogen and oxygen atoms in total. The summed E-state index contributed by atoms with van der Waals surface area (Å²) in [6.07, 6.45) is 3.91. The van der Waals surface area contributed by atoms with Gasteiger partial charge in [0.2, 0.25) is 0 Å². The highest BCUT2D eigenvalue weighted by molar-refractivity contribution is 4.54. The lowest BCUT2D eigenvalue weighted by atomic mass is 10.1. The van der Waals surface area contributed by atoms with E-state index in [4.69, 9.17) is 9.47 Å². The van der Waals surface area contributed by atoms with Crippen LogP contribution in [0.3, 0.4) is 0 Å². The first-order chi connectivity index (χ1) is 7.54. The van der Waals surface area contributed by atoms with Crippen molar-refractivity contribution in [3.05, 3.63) is 0 Å².